The number of nitrogens with zero attached hydrogens (tertiary/aromatic N) is 4. The molecule has 2 fully saturated rings. The van der Waals surface area contributed by atoms with Crippen molar-refractivity contribution >= 4 is 27.9 Å². The van der Waals surface area contributed by atoms with Gasteiger partial charge in [0.15, 0.2) is 0 Å². The van der Waals surface area contributed by atoms with Crippen molar-refractivity contribution in [1.29, 1.82) is 0 Å². The van der Waals surface area contributed by atoms with E-state index in [0.717, 1.165) is 0 Å². The van der Waals surface area contributed by atoms with Gasteiger partial charge in [-0.2, -0.15) is 25.8 Å². The molecular formula is C17H24F2N4O4S2. The number of pyridine rings is 1. The fourth-order valence-electron chi connectivity index (χ4n) is 3.51. The molecule has 2 unspecified atom stereocenters. The van der Waals surface area contributed by atoms with E-state index in [1.165, 1.54) is 31.8 Å². The zero-order chi connectivity index (χ0) is 21.2. The smallest absolute Gasteiger partial charge is 0.290 e. The molecule has 2 atom stereocenters. The van der Waals surface area contributed by atoms with Crippen LogP contribution in [0, 0.1) is 0 Å². The first-order valence-electron chi connectivity index (χ1n) is 9.28. The van der Waals surface area contributed by atoms with Gasteiger partial charge < -0.3 is 9.64 Å². The Labute approximate surface area is 173 Å². The number of piperazine rings is 1. The van der Waals surface area contributed by atoms with Crippen molar-refractivity contribution < 1.29 is 26.7 Å². The van der Waals surface area contributed by atoms with Crippen LogP contribution in [-0.2, 0) is 14.9 Å². The highest BCUT2D eigenvalue weighted by atomic mass is 32.2. The van der Waals surface area contributed by atoms with Gasteiger partial charge in [0.2, 0.25) is 0 Å². The summed E-state index contributed by atoms with van der Waals surface area (Å²) >= 11 is 0.225. The summed E-state index contributed by atoms with van der Waals surface area (Å²) in [5.41, 5.74) is 0.102. The predicted octanol–water partition coefficient (Wildman–Crippen LogP) is 1.51. The minimum atomic E-state index is -3.66. The van der Waals surface area contributed by atoms with E-state index in [0.29, 0.717) is 0 Å². The Morgan fingerprint density at radius 2 is 1.79 bits per heavy atom. The normalized spacial score (nSPS) is 24.8. The highest BCUT2D eigenvalue weighted by molar-refractivity contribution is 7.99. The van der Waals surface area contributed by atoms with Crippen LogP contribution in [0.5, 0.6) is 0 Å². The summed E-state index contributed by atoms with van der Waals surface area (Å²) in [4.78, 5) is 18.1. The molecule has 2 aliphatic rings. The van der Waals surface area contributed by atoms with Gasteiger partial charge in [-0.15, -0.1) is 0 Å². The SMILES string of the molecule is CC1CN(S(=O)(=O)N2CCN(C(=O)c3cccnc3SC(F)F)CC2)CC(C)O1. The average molecular weight is 451 g/mol. The van der Waals surface area contributed by atoms with E-state index in [2.05, 4.69) is 4.98 Å². The fourth-order valence-corrected chi connectivity index (χ4v) is 5.83. The number of alkyl halides is 2. The number of carbonyl (C=O) groups is 1. The molecule has 3 heterocycles. The molecule has 1 aromatic heterocycles. The Morgan fingerprint density at radius 1 is 1.17 bits per heavy atom. The molecule has 0 N–H and O–H groups in total. The Kier molecular flexibility index (Phi) is 7.10. The second-order valence-electron chi connectivity index (χ2n) is 7.01. The summed E-state index contributed by atoms with van der Waals surface area (Å²) in [6, 6.07) is 2.98. The van der Waals surface area contributed by atoms with E-state index < -0.39 is 21.9 Å². The largest absolute Gasteiger partial charge is 0.373 e. The molecule has 162 valence electrons. The van der Waals surface area contributed by atoms with E-state index in [9.17, 15) is 22.0 Å². The Balaban J connectivity index is 1.65. The summed E-state index contributed by atoms with van der Waals surface area (Å²) in [5, 5.41) is -0.0288. The number of thioether (sulfide) groups is 1. The molecule has 2 saturated heterocycles. The fraction of sp³-hybridized carbons (Fsp3) is 0.647. The van der Waals surface area contributed by atoms with E-state index >= 15 is 0 Å². The Morgan fingerprint density at radius 3 is 2.38 bits per heavy atom. The summed E-state index contributed by atoms with van der Waals surface area (Å²) in [6.45, 7) is 4.89. The molecule has 0 aromatic carbocycles. The first-order chi connectivity index (χ1) is 13.7. The van der Waals surface area contributed by atoms with E-state index in [1.54, 1.807) is 0 Å². The third kappa shape index (κ3) is 5.23. The van der Waals surface area contributed by atoms with Crippen LogP contribution >= 0.6 is 11.8 Å². The molecule has 1 aromatic rings. The number of aromatic nitrogens is 1. The molecule has 0 radical (unpaired) electrons. The van der Waals surface area contributed by atoms with E-state index in [-0.39, 0.29) is 73.8 Å². The summed E-state index contributed by atoms with van der Waals surface area (Å²) in [6.07, 6.45) is 0.983. The zero-order valence-corrected chi connectivity index (χ0v) is 17.8. The first kappa shape index (κ1) is 22.3. The average Bonchev–Trinajstić information content (AvgIpc) is 2.67. The number of halogens is 2. The van der Waals surface area contributed by atoms with Gasteiger partial charge in [-0.3, -0.25) is 4.79 Å². The van der Waals surface area contributed by atoms with Crippen molar-refractivity contribution in [2.24, 2.45) is 0 Å². The van der Waals surface area contributed by atoms with E-state index in [4.69, 9.17) is 4.74 Å². The highest BCUT2D eigenvalue weighted by Gasteiger charge is 2.37. The van der Waals surface area contributed by atoms with Crippen molar-refractivity contribution in [3.8, 4) is 0 Å². The van der Waals surface area contributed by atoms with Crippen LogP contribution in [-0.4, -0.2) is 90.1 Å². The number of amides is 1. The molecule has 0 spiro atoms. The molecule has 0 saturated carbocycles. The minimum absolute atomic E-state index is 0.0288. The van der Waals surface area contributed by atoms with Gasteiger partial charge in [0.05, 0.1) is 17.8 Å². The molecule has 0 aliphatic carbocycles. The number of hydrogen-bond donors (Lipinski definition) is 0. The van der Waals surface area contributed by atoms with Crippen LogP contribution < -0.4 is 0 Å². The first-order valence-corrected chi connectivity index (χ1v) is 11.6. The Bertz CT molecular complexity index is 824. The maximum atomic E-state index is 12.9. The lowest BCUT2D eigenvalue weighted by Gasteiger charge is -2.40. The van der Waals surface area contributed by atoms with Crippen LogP contribution in [0.15, 0.2) is 23.4 Å². The number of morpholine rings is 1. The third-order valence-electron chi connectivity index (χ3n) is 4.77. The molecule has 1 amide bonds. The minimum Gasteiger partial charge on any atom is -0.373 e. The van der Waals surface area contributed by atoms with Gasteiger partial charge in [-0.25, -0.2) is 4.98 Å². The molecule has 2 aliphatic heterocycles. The second kappa shape index (κ2) is 9.21. The zero-order valence-electron chi connectivity index (χ0n) is 16.2. The van der Waals surface area contributed by atoms with Gasteiger partial charge in [0.25, 0.3) is 21.9 Å². The van der Waals surface area contributed by atoms with Gasteiger partial charge in [0.1, 0.15) is 5.03 Å². The number of rotatable bonds is 5. The van der Waals surface area contributed by atoms with Crippen LogP contribution in [0.2, 0.25) is 0 Å². The highest BCUT2D eigenvalue weighted by Crippen LogP contribution is 2.27. The van der Waals surface area contributed by atoms with Crippen LogP contribution in [0.25, 0.3) is 0 Å². The van der Waals surface area contributed by atoms with Crippen molar-refractivity contribution in [2.75, 3.05) is 39.3 Å². The number of carbonyl (C=O) groups excluding carboxylic acids is 1. The lowest BCUT2D eigenvalue weighted by Crippen LogP contribution is -2.57. The summed E-state index contributed by atoms with van der Waals surface area (Å²) < 4.78 is 59.7. The second-order valence-corrected chi connectivity index (χ2v) is 9.92. The lowest BCUT2D eigenvalue weighted by molar-refractivity contribution is -0.0457. The van der Waals surface area contributed by atoms with Gasteiger partial charge in [0, 0.05) is 45.5 Å². The molecule has 8 nitrogen and oxygen atoms in total. The number of ether oxygens (including phenoxy) is 1. The topological polar surface area (TPSA) is 83.1 Å². The number of hydrogen-bond acceptors (Lipinski definition) is 6. The monoisotopic (exact) mass is 450 g/mol. The third-order valence-corrected chi connectivity index (χ3v) is 7.46. The summed E-state index contributed by atoms with van der Waals surface area (Å²) in [5.74, 6) is -3.11. The van der Waals surface area contributed by atoms with Crippen molar-refractivity contribution in [1.82, 2.24) is 18.5 Å². The van der Waals surface area contributed by atoms with Crippen LogP contribution in [0.4, 0.5) is 8.78 Å². The van der Waals surface area contributed by atoms with Crippen molar-refractivity contribution in [2.45, 2.75) is 36.8 Å². The standard InChI is InChI=1S/C17H24F2N4O4S2/c1-12-10-23(11-13(2)27-12)29(25,26)22-8-6-21(7-9-22)16(24)14-4-3-5-20-15(14)28-17(18)19/h3-5,12-13,17H,6-11H2,1-2H3. The van der Waals surface area contributed by atoms with Gasteiger partial charge in [-0.1, -0.05) is 0 Å². The molecule has 3 rings (SSSR count). The van der Waals surface area contributed by atoms with Crippen LogP contribution in [0.3, 0.4) is 0 Å². The predicted molar refractivity (Wildman–Crippen MR) is 104 cm³/mol. The van der Waals surface area contributed by atoms with Crippen LogP contribution in [0.1, 0.15) is 24.2 Å². The molecular weight excluding hydrogens is 426 g/mol. The quantitative estimate of drug-likeness (QED) is 0.633. The summed E-state index contributed by atoms with van der Waals surface area (Å²) in [7, 11) is -3.66. The molecule has 12 heteroatoms. The Hall–Kier alpha value is -1.34. The lowest BCUT2D eigenvalue weighted by atomic mass is 10.2. The molecule has 29 heavy (non-hydrogen) atoms. The van der Waals surface area contributed by atoms with E-state index in [1.807, 2.05) is 13.8 Å². The maximum absolute atomic E-state index is 12.9. The van der Waals surface area contributed by atoms with Crippen molar-refractivity contribution in [3.05, 3.63) is 23.9 Å². The molecule has 0 bridgehead atoms. The maximum Gasteiger partial charge on any atom is 0.290 e. The van der Waals surface area contributed by atoms with Crippen molar-refractivity contribution in [3.63, 3.8) is 0 Å². The van der Waals surface area contributed by atoms with Gasteiger partial charge in [-0.05, 0) is 37.7 Å². The van der Waals surface area contributed by atoms with Gasteiger partial charge >= 0.3 is 0 Å².